The molecule has 0 unspecified atom stereocenters. The third-order valence-electron chi connectivity index (χ3n) is 10.4. The topological polar surface area (TPSA) is 54.6 Å². The van der Waals surface area contributed by atoms with E-state index in [4.69, 9.17) is 0 Å². The monoisotopic (exact) mass is 648 g/mol. The Kier molecular flexibility index (Phi) is 6.82. The lowest BCUT2D eigenvalue weighted by Crippen LogP contribution is -2.41. The number of benzene rings is 8. The van der Waals surface area contributed by atoms with E-state index in [-0.39, 0.29) is 0 Å². The molecule has 0 spiro atoms. The van der Waals surface area contributed by atoms with Gasteiger partial charge < -0.3 is 20.7 Å². The Hall–Kier alpha value is -6.08. The van der Waals surface area contributed by atoms with Crippen LogP contribution in [0.3, 0.4) is 0 Å². The maximum atomic E-state index is 3.84. The second-order valence-corrected chi connectivity index (χ2v) is 13.3. The minimum atomic E-state index is 0.812. The van der Waals surface area contributed by atoms with Crippen LogP contribution in [0.5, 0.6) is 0 Å². The van der Waals surface area contributed by atoms with Crippen LogP contribution in [0.25, 0.3) is 32.3 Å². The highest BCUT2D eigenvalue weighted by atomic mass is 15.5. The second kappa shape index (κ2) is 11.8. The van der Waals surface area contributed by atoms with Gasteiger partial charge in [-0.2, -0.15) is 0 Å². The summed E-state index contributed by atoms with van der Waals surface area (Å²) in [5, 5.41) is 19.6. The van der Waals surface area contributed by atoms with Gasteiger partial charge in [-0.25, -0.2) is 10.9 Å². The van der Waals surface area contributed by atoms with Gasteiger partial charge >= 0.3 is 0 Å². The summed E-state index contributed by atoms with van der Waals surface area (Å²) in [4.78, 5) is 0. The van der Waals surface area contributed by atoms with E-state index in [1.807, 2.05) is 0 Å². The molecule has 8 aromatic rings. The van der Waals surface area contributed by atoms with Gasteiger partial charge in [0.25, 0.3) is 0 Å². The predicted molar refractivity (Wildman–Crippen MR) is 209 cm³/mol. The molecule has 50 heavy (non-hydrogen) atoms. The highest BCUT2D eigenvalue weighted by Gasteiger charge is 2.21. The molecular weight excluding hydrogens is 613 g/mol. The summed E-state index contributed by atoms with van der Waals surface area (Å²) >= 11 is 0. The summed E-state index contributed by atoms with van der Waals surface area (Å²) < 4.78 is 0. The first kappa shape index (κ1) is 28.9. The van der Waals surface area contributed by atoms with E-state index >= 15 is 0 Å². The van der Waals surface area contributed by atoms with Crippen molar-refractivity contribution in [1.29, 1.82) is 0 Å². The van der Waals surface area contributed by atoms with E-state index in [9.17, 15) is 0 Å². The molecule has 4 N–H and O–H groups in total. The number of fused-ring (bicyclic) bond motifs is 2. The standard InChI is InChI=1S/C44H36N6/c1-3-11-33-27-49(45-25-31(33)9-1)41-15-7-5-13-39(41)47-37-23-19-29-18-22-36-38(24-20-30-17-21-35(37)43(29)44(30)36)48-40-14-6-8-16-42(40)50-28-34-12-4-2-10-32(34)26-46-50/h1-24,45-48H,25-28H2. The van der Waals surface area contributed by atoms with Crippen LogP contribution in [-0.4, -0.2) is 0 Å². The molecule has 0 saturated heterocycles. The third kappa shape index (κ3) is 4.88. The van der Waals surface area contributed by atoms with E-state index in [0.717, 1.165) is 60.3 Å². The molecule has 242 valence electrons. The van der Waals surface area contributed by atoms with Crippen molar-refractivity contribution >= 4 is 66.4 Å². The third-order valence-corrected chi connectivity index (χ3v) is 10.4. The second-order valence-electron chi connectivity index (χ2n) is 13.3. The summed E-state index contributed by atoms with van der Waals surface area (Å²) in [7, 11) is 0. The van der Waals surface area contributed by atoms with Crippen molar-refractivity contribution in [3.05, 3.63) is 168 Å². The number of anilines is 6. The molecule has 0 aromatic heterocycles. The van der Waals surface area contributed by atoms with Gasteiger partial charge in [-0.15, -0.1) is 0 Å². The van der Waals surface area contributed by atoms with Crippen molar-refractivity contribution in [2.75, 3.05) is 20.7 Å². The highest BCUT2D eigenvalue weighted by molar-refractivity contribution is 6.27. The Balaban J connectivity index is 1.01. The number of hydrazine groups is 2. The molecule has 10 rings (SSSR count). The van der Waals surface area contributed by atoms with Gasteiger partial charge in [-0.05, 0) is 80.2 Å². The van der Waals surface area contributed by atoms with Crippen molar-refractivity contribution in [3.63, 3.8) is 0 Å². The Morgan fingerprint density at radius 3 is 1.26 bits per heavy atom. The zero-order chi connectivity index (χ0) is 33.0. The van der Waals surface area contributed by atoms with Crippen LogP contribution >= 0.6 is 0 Å². The quantitative estimate of drug-likeness (QED) is 0.135. The van der Waals surface area contributed by atoms with Gasteiger partial charge in [0.05, 0.1) is 35.8 Å². The summed E-state index contributed by atoms with van der Waals surface area (Å²) in [6.07, 6.45) is 0. The van der Waals surface area contributed by atoms with Crippen molar-refractivity contribution in [1.82, 2.24) is 10.9 Å². The van der Waals surface area contributed by atoms with Crippen LogP contribution < -0.4 is 31.5 Å². The van der Waals surface area contributed by atoms with Crippen LogP contribution in [0.15, 0.2) is 146 Å². The zero-order valence-electron chi connectivity index (χ0n) is 27.6. The van der Waals surface area contributed by atoms with Gasteiger partial charge in [-0.3, -0.25) is 0 Å². The first-order valence-electron chi connectivity index (χ1n) is 17.4. The molecule has 8 aromatic carbocycles. The predicted octanol–water partition coefficient (Wildman–Crippen LogP) is 10.1. The lowest BCUT2D eigenvalue weighted by Gasteiger charge is -2.33. The van der Waals surface area contributed by atoms with Crippen LogP contribution in [-0.2, 0) is 26.2 Å². The van der Waals surface area contributed by atoms with Crippen LogP contribution in [0.2, 0.25) is 0 Å². The van der Waals surface area contributed by atoms with E-state index in [1.54, 1.807) is 0 Å². The molecule has 0 aliphatic carbocycles. The van der Waals surface area contributed by atoms with Crippen molar-refractivity contribution in [2.24, 2.45) is 0 Å². The molecule has 0 bridgehead atoms. The highest BCUT2D eigenvalue weighted by Crippen LogP contribution is 2.43. The molecule has 2 aliphatic rings. The van der Waals surface area contributed by atoms with Crippen molar-refractivity contribution in [3.8, 4) is 0 Å². The van der Waals surface area contributed by atoms with Gasteiger partial charge in [-0.1, -0.05) is 109 Å². The summed E-state index contributed by atoms with van der Waals surface area (Å²) in [6, 6.07) is 52.5. The molecule has 6 nitrogen and oxygen atoms in total. The molecule has 0 fully saturated rings. The molecule has 0 atom stereocenters. The maximum absolute atomic E-state index is 3.84. The molecule has 2 heterocycles. The Labute approximate surface area is 291 Å². The molecule has 0 radical (unpaired) electrons. The van der Waals surface area contributed by atoms with Crippen LogP contribution in [0.1, 0.15) is 22.3 Å². The summed E-state index contributed by atoms with van der Waals surface area (Å²) in [5.74, 6) is 0. The number of hydrogen-bond acceptors (Lipinski definition) is 6. The van der Waals surface area contributed by atoms with E-state index < -0.39 is 0 Å². The minimum absolute atomic E-state index is 0.812. The van der Waals surface area contributed by atoms with Crippen molar-refractivity contribution in [2.45, 2.75) is 26.2 Å². The number of nitrogens with zero attached hydrogens (tertiary/aromatic N) is 2. The average molecular weight is 649 g/mol. The summed E-state index contributed by atoms with van der Waals surface area (Å²) in [6.45, 7) is 3.25. The fourth-order valence-electron chi connectivity index (χ4n) is 7.86. The van der Waals surface area contributed by atoms with Gasteiger partial charge in [0.15, 0.2) is 0 Å². The van der Waals surface area contributed by atoms with Gasteiger partial charge in [0.1, 0.15) is 0 Å². The Morgan fingerprint density at radius 2 is 0.780 bits per heavy atom. The molecule has 2 aliphatic heterocycles. The van der Waals surface area contributed by atoms with Gasteiger partial charge in [0.2, 0.25) is 0 Å². The zero-order valence-corrected chi connectivity index (χ0v) is 27.6. The fraction of sp³-hybridized carbons (Fsp3) is 0.0909. The lowest BCUT2D eigenvalue weighted by atomic mass is 9.92. The largest absolute Gasteiger partial charge is 0.353 e. The van der Waals surface area contributed by atoms with Crippen LogP contribution in [0.4, 0.5) is 34.1 Å². The Bertz CT molecular complexity index is 2360. The fourth-order valence-corrected chi connectivity index (χ4v) is 7.86. The van der Waals surface area contributed by atoms with E-state index in [0.29, 0.717) is 0 Å². The number of para-hydroxylation sites is 4. The molecular formula is C44H36N6. The number of hydrogen-bond donors (Lipinski definition) is 4. The lowest BCUT2D eigenvalue weighted by molar-refractivity contribution is 0.583. The maximum Gasteiger partial charge on any atom is 0.0758 e. The minimum Gasteiger partial charge on any atom is -0.353 e. The van der Waals surface area contributed by atoms with E-state index in [1.165, 1.54) is 54.6 Å². The Morgan fingerprint density at radius 1 is 0.380 bits per heavy atom. The first-order chi connectivity index (χ1) is 24.8. The summed E-state index contributed by atoms with van der Waals surface area (Å²) in [5.41, 5.74) is 19.3. The first-order valence-corrected chi connectivity index (χ1v) is 17.4. The SMILES string of the molecule is c1ccc2c(c1)CNN(c1ccccc1Nc1ccc3ccc4c(Nc5ccccc5N5Cc6ccccc6CN5)ccc5ccc1c3c54)C2. The average Bonchev–Trinajstić information content (AvgIpc) is 3.18. The molecule has 0 saturated carbocycles. The van der Waals surface area contributed by atoms with E-state index in [2.05, 4.69) is 177 Å². The normalized spacial score (nSPS) is 14.2. The number of rotatable bonds is 6. The van der Waals surface area contributed by atoms with Crippen LogP contribution in [0, 0.1) is 0 Å². The van der Waals surface area contributed by atoms with Crippen molar-refractivity contribution < 1.29 is 0 Å². The van der Waals surface area contributed by atoms with Gasteiger partial charge in [0, 0.05) is 35.2 Å². The molecule has 6 heteroatoms. The number of nitrogens with one attached hydrogen (secondary N) is 4. The smallest absolute Gasteiger partial charge is 0.0758 e. The molecule has 0 amide bonds.